The predicted molar refractivity (Wildman–Crippen MR) is 132 cm³/mol. The molecule has 1 fully saturated rings. The van der Waals surface area contributed by atoms with Crippen molar-refractivity contribution in [2.45, 2.75) is 58.5 Å². The molecule has 2 rings (SSSR count). The van der Waals surface area contributed by atoms with Crippen molar-refractivity contribution >= 4 is 35.8 Å². The Morgan fingerprint density at radius 1 is 1.17 bits per heavy atom. The van der Waals surface area contributed by atoms with Crippen molar-refractivity contribution in [3.05, 3.63) is 35.4 Å². The fourth-order valence-corrected chi connectivity index (χ4v) is 3.31. The van der Waals surface area contributed by atoms with E-state index in [2.05, 4.69) is 72.8 Å². The van der Waals surface area contributed by atoms with Crippen LogP contribution in [0, 0.1) is 0 Å². The Balaban J connectivity index is 0.00000420. The molecule has 0 spiro atoms. The van der Waals surface area contributed by atoms with Gasteiger partial charge in [0.25, 0.3) is 0 Å². The summed E-state index contributed by atoms with van der Waals surface area (Å²) in [6.45, 7) is 12.6. The van der Waals surface area contributed by atoms with Gasteiger partial charge in [0.05, 0.1) is 13.1 Å². The topological polar surface area (TPSA) is 68.8 Å². The third-order valence-corrected chi connectivity index (χ3v) is 5.16. The standard InChI is InChI=1S/C22H37N5O.HI/c1-6-24-21(25-15-17-7-9-18(10-8-17)22(2,3)4)26-19-11-13-27(14-12-19)16-20(28)23-5;/h7-10,19H,6,11-16H2,1-5H3,(H,23,28)(H2,24,25,26);1H. The summed E-state index contributed by atoms with van der Waals surface area (Å²) in [5.74, 6) is 0.950. The average Bonchev–Trinajstić information content (AvgIpc) is 2.67. The first-order valence-electron chi connectivity index (χ1n) is 10.4. The van der Waals surface area contributed by atoms with Crippen LogP contribution < -0.4 is 16.0 Å². The molecule has 1 heterocycles. The van der Waals surface area contributed by atoms with Crippen LogP contribution in [0.2, 0.25) is 0 Å². The number of rotatable bonds is 6. The van der Waals surface area contributed by atoms with Gasteiger partial charge in [-0.2, -0.15) is 0 Å². The molecular formula is C22H38IN5O. The molecule has 0 atom stereocenters. The molecule has 1 aromatic rings. The van der Waals surface area contributed by atoms with Crippen LogP contribution in [0.4, 0.5) is 0 Å². The van der Waals surface area contributed by atoms with Crippen molar-refractivity contribution in [2.24, 2.45) is 4.99 Å². The molecule has 0 unspecified atom stereocenters. The van der Waals surface area contributed by atoms with E-state index in [1.807, 2.05) is 0 Å². The van der Waals surface area contributed by atoms with Crippen molar-refractivity contribution in [1.29, 1.82) is 0 Å². The lowest BCUT2D eigenvalue weighted by Gasteiger charge is -2.32. The van der Waals surface area contributed by atoms with Gasteiger partial charge in [0.15, 0.2) is 5.96 Å². The fraction of sp³-hybridized carbons (Fsp3) is 0.636. The zero-order valence-corrected chi connectivity index (χ0v) is 20.9. The van der Waals surface area contributed by atoms with Crippen LogP contribution in [0.1, 0.15) is 51.7 Å². The summed E-state index contributed by atoms with van der Waals surface area (Å²) < 4.78 is 0. The lowest BCUT2D eigenvalue weighted by Crippen LogP contribution is -2.50. The van der Waals surface area contributed by atoms with Crippen molar-refractivity contribution in [3.8, 4) is 0 Å². The molecule has 0 bridgehead atoms. The number of amides is 1. The van der Waals surface area contributed by atoms with E-state index in [1.54, 1.807) is 7.05 Å². The van der Waals surface area contributed by atoms with Crippen LogP contribution >= 0.6 is 24.0 Å². The van der Waals surface area contributed by atoms with Crippen LogP contribution in [0.5, 0.6) is 0 Å². The molecule has 164 valence electrons. The minimum Gasteiger partial charge on any atom is -0.358 e. The molecule has 1 saturated heterocycles. The van der Waals surface area contributed by atoms with Gasteiger partial charge in [-0.25, -0.2) is 4.99 Å². The maximum atomic E-state index is 11.5. The zero-order chi connectivity index (χ0) is 20.6. The third kappa shape index (κ3) is 8.90. The van der Waals surface area contributed by atoms with Crippen molar-refractivity contribution < 1.29 is 4.79 Å². The first-order valence-corrected chi connectivity index (χ1v) is 10.4. The van der Waals surface area contributed by atoms with Crippen molar-refractivity contribution in [3.63, 3.8) is 0 Å². The molecule has 29 heavy (non-hydrogen) atoms. The minimum absolute atomic E-state index is 0. The van der Waals surface area contributed by atoms with Crippen LogP contribution in [-0.2, 0) is 16.8 Å². The van der Waals surface area contributed by atoms with Gasteiger partial charge >= 0.3 is 0 Å². The van der Waals surface area contributed by atoms with Gasteiger partial charge in [0.1, 0.15) is 0 Å². The Labute approximate surface area is 193 Å². The number of carbonyl (C=O) groups excluding carboxylic acids is 1. The van der Waals surface area contributed by atoms with Crippen molar-refractivity contribution in [1.82, 2.24) is 20.9 Å². The lowest BCUT2D eigenvalue weighted by atomic mass is 9.87. The molecule has 0 aromatic heterocycles. The number of hydrogen-bond acceptors (Lipinski definition) is 3. The number of nitrogens with one attached hydrogen (secondary N) is 3. The SMILES string of the molecule is CCNC(=NCc1ccc(C(C)(C)C)cc1)NC1CCN(CC(=O)NC)CC1.I. The second kappa shape index (κ2) is 12.4. The molecule has 0 aliphatic carbocycles. The highest BCUT2D eigenvalue weighted by molar-refractivity contribution is 14.0. The minimum atomic E-state index is 0. The Morgan fingerprint density at radius 2 is 1.79 bits per heavy atom. The summed E-state index contributed by atoms with van der Waals surface area (Å²) in [5, 5.41) is 9.60. The summed E-state index contributed by atoms with van der Waals surface area (Å²) in [6, 6.07) is 9.14. The van der Waals surface area contributed by atoms with E-state index in [1.165, 1.54) is 11.1 Å². The molecule has 1 aliphatic rings. The summed E-state index contributed by atoms with van der Waals surface area (Å²) in [7, 11) is 1.69. The molecule has 0 saturated carbocycles. The molecule has 7 heteroatoms. The van der Waals surface area contributed by atoms with E-state index in [9.17, 15) is 4.79 Å². The van der Waals surface area contributed by atoms with Gasteiger partial charge in [0, 0.05) is 32.7 Å². The van der Waals surface area contributed by atoms with E-state index < -0.39 is 0 Å². The second-order valence-corrected chi connectivity index (χ2v) is 8.51. The highest BCUT2D eigenvalue weighted by atomic mass is 127. The second-order valence-electron chi connectivity index (χ2n) is 8.51. The largest absolute Gasteiger partial charge is 0.358 e. The molecule has 0 radical (unpaired) electrons. The Hall–Kier alpha value is -1.35. The van der Waals surface area contributed by atoms with Crippen LogP contribution in [0.15, 0.2) is 29.3 Å². The van der Waals surface area contributed by atoms with Crippen LogP contribution in [0.25, 0.3) is 0 Å². The quantitative estimate of drug-likeness (QED) is 0.310. The van der Waals surface area contributed by atoms with Crippen LogP contribution in [0.3, 0.4) is 0 Å². The van der Waals surface area contributed by atoms with Gasteiger partial charge in [-0.05, 0) is 36.3 Å². The number of aliphatic imine (C=N–C) groups is 1. The summed E-state index contributed by atoms with van der Waals surface area (Å²) in [4.78, 5) is 18.5. The normalized spacial score (nSPS) is 16.1. The highest BCUT2D eigenvalue weighted by Crippen LogP contribution is 2.22. The van der Waals surface area contributed by atoms with E-state index in [4.69, 9.17) is 4.99 Å². The summed E-state index contributed by atoms with van der Waals surface area (Å²) in [6.07, 6.45) is 2.03. The highest BCUT2D eigenvalue weighted by Gasteiger charge is 2.21. The number of likely N-dealkylation sites (N-methyl/N-ethyl adjacent to an activating group) is 1. The van der Waals surface area contributed by atoms with Gasteiger partial charge in [0.2, 0.25) is 5.91 Å². The molecular weight excluding hydrogens is 477 g/mol. The smallest absolute Gasteiger partial charge is 0.233 e. The van der Waals surface area contributed by atoms with Gasteiger partial charge in [-0.1, -0.05) is 45.0 Å². The first kappa shape index (κ1) is 25.7. The van der Waals surface area contributed by atoms with Crippen molar-refractivity contribution in [2.75, 3.05) is 33.2 Å². The predicted octanol–water partition coefficient (Wildman–Crippen LogP) is 2.87. The van der Waals surface area contributed by atoms with E-state index in [0.717, 1.165) is 38.4 Å². The molecule has 3 N–H and O–H groups in total. The monoisotopic (exact) mass is 515 g/mol. The number of benzene rings is 1. The van der Waals surface area contributed by atoms with Gasteiger partial charge < -0.3 is 16.0 Å². The molecule has 1 aliphatic heterocycles. The number of hydrogen-bond donors (Lipinski definition) is 3. The maximum Gasteiger partial charge on any atom is 0.233 e. The molecule has 6 nitrogen and oxygen atoms in total. The Bertz CT molecular complexity index is 646. The van der Waals surface area contributed by atoms with Gasteiger partial charge in [-0.15, -0.1) is 24.0 Å². The maximum absolute atomic E-state index is 11.5. The first-order chi connectivity index (χ1) is 13.3. The van der Waals surface area contributed by atoms with Crippen LogP contribution in [-0.4, -0.2) is 56.0 Å². The molecule has 1 amide bonds. The van der Waals surface area contributed by atoms with E-state index in [-0.39, 0.29) is 35.3 Å². The summed E-state index contributed by atoms with van der Waals surface area (Å²) >= 11 is 0. The number of guanidine groups is 1. The third-order valence-electron chi connectivity index (χ3n) is 5.16. The number of nitrogens with zero attached hydrogens (tertiary/aromatic N) is 2. The van der Waals surface area contributed by atoms with E-state index >= 15 is 0 Å². The fourth-order valence-electron chi connectivity index (χ4n) is 3.31. The number of likely N-dealkylation sites (tertiary alicyclic amines) is 1. The summed E-state index contributed by atoms with van der Waals surface area (Å²) in [5.41, 5.74) is 2.73. The van der Waals surface area contributed by atoms with Gasteiger partial charge in [-0.3, -0.25) is 9.69 Å². The average molecular weight is 515 g/mol. The number of carbonyl (C=O) groups is 1. The van der Waals surface area contributed by atoms with E-state index in [0.29, 0.717) is 19.1 Å². The number of piperidine rings is 1. The lowest BCUT2D eigenvalue weighted by molar-refractivity contribution is -0.122. The Kier molecular flexibility index (Phi) is 11.0. The number of halogens is 1. The zero-order valence-electron chi connectivity index (χ0n) is 18.5. The Morgan fingerprint density at radius 3 is 2.31 bits per heavy atom. The molecule has 1 aromatic carbocycles.